The van der Waals surface area contributed by atoms with E-state index in [0.717, 1.165) is 16.4 Å². The first-order valence-corrected chi connectivity index (χ1v) is 7.81. The van der Waals surface area contributed by atoms with Crippen molar-refractivity contribution in [2.45, 2.75) is 11.3 Å². The van der Waals surface area contributed by atoms with Gasteiger partial charge in [0.25, 0.3) is 0 Å². The molecule has 0 saturated carbocycles. The average Bonchev–Trinajstić information content (AvgIpc) is 2.28. The number of halogens is 3. The minimum atomic E-state index is -3.72. The molecule has 1 aromatic carbocycles. The van der Waals surface area contributed by atoms with Gasteiger partial charge in [-0.05, 0) is 24.6 Å². The topological polar surface area (TPSA) is 37.4 Å². The van der Waals surface area contributed by atoms with Crippen LogP contribution < -0.4 is 0 Å². The van der Waals surface area contributed by atoms with Crippen LogP contribution in [-0.4, -0.2) is 31.6 Å². The highest BCUT2D eigenvalue weighted by Crippen LogP contribution is 2.24. The first-order valence-electron chi connectivity index (χ1n) is 4.87. The first-order chi connectivity index (χ1) is 7.89. The van der Waals surface area contributed by atoms with Crippen molar-refractivity contribution < 1.29 is 12.8 Å². The van der Waals surface area contributed by atoms with Crippen LogP contribution in [-0.2, 0) is 10.0 Å². The molecular formula is C10H12BrClFNO2S. The Morgan fingerprint density at radius 2 is 2.12 bits per heavy atom. The van der Waals surface area contributed by atoms with E-state index >= 15 is 0 Å². The fraction of sp³-hybridized carbons (Fsp3) is 0.400. The van der Waals surface area contributed by atoms with Crippen molar-refractivity contribution in [2.24, 2.45) is 0 Å². The second-order valence-corrected chi connectivity index (χ2v) is 6.66. The number of alkyl halides is 1. The van der Waals surface area contributed by atoms with Crippen molar-refractivity contribution in [3.8, 4) is 0 Å². The summed E-state index contributed by atoms with van der Waals surface area (Å²) in [5.74, 6) is -0.623. The molecule has 17 heavy (non-hydrogen) atoms. The lowest BCUT2D eigenvalue weighted by Crippen LogP contribution is -2.28. The Bertz CT molecular complexity index is 495. The molecule has 3 nitrogen and oxygen atoms in total. The van der Waals surface area contributed by atoms with Crippen LogP contribution in [0.25, 0.3) is 0 Å². The zero-order chi connectivity index (χ0) is 13.1. The normalized spacial score (nSPS) is 12.1. The zero-order valence-corrected chi connectivity index (χ0v) is 12.3. The molecule has 0 heterocycles. The third-order valence-electron chi connectivity index (χ3n) is 2.19. The molecule has 1 aromatic rings. The Kier molecular flexibility index (Phi) is 5.37. The van der Waals surface area contributed by atoms with Crippen LogP contribution in [0.5, 0.6) is 0 Å². The van der Waals surface area contributed by atoms with Gasteiger partial charge in [-0.25, -0.2) is 17.1 Å². The number of hydrogen-bond donors (Lipinski definition) is 0. The van der Waals surface area contributed by atoms with Crippen molar-refractivity contribution in [3.05, 3.63) is 29.0 Å². The average molecular weight is 345 g/mol. The summed E-state index contributed by atoms with van der Waals surface area (Å²) in [6.45, 7) is 0.348. The highest BCUT2D eigenvalue weighted by molar-refractivity contribution is 9.09. The molecule has 0 N–H and O–H groups in total. The summed E-state index contributed by atoms with van der Waals surface area (Å²) >= 11 is 9.00. The minimum absolute atomic E-state index is 0.0251. The lowest BCUT2D eigenvalue weighted by atomic mass is 10.3. The maximum Gasteiger partial charge on any atom is 0.244 e. The Hall–Kier alpha value is -0.170. The van der Waals surface area contributed by atoms with Gasteiger partial charge in [0.2, 0.25) is 10.0 Å². The third kappa shape index (κ3) is 3.64. The molecular weight excluding hydrogens is 333 g/mol. The number of nitrogens with zero attached hydrogens (tertiary/aromatic N) is 1. The molecule has 0 radical (unpaired) electrons. The van der Waals surface area contributed by atoms with Crippen molar-refractivity contribution in [1.29, 1.82) is 0 Å². The Morgan fingerprint density at radius 3 is 2.71 bits per heavy atom. The summed E-state index contributed by atoms with van der Waals surface area (Å²) in [6.07, 6.45) is 0.669. The Labute approximate surface area is 114 Å². The van der Waals surface area contributed by atoms with Crippen molar-refractivity contribution >= 4 is 37.6 Å². The largest absolute Gasteiger partial charge is 0.244 e. The standard InChI is InChI=1S/C10H12BrClFNO2S/c1-14(6-2-5-11)17(15,16)10-7-8(13)3-4-9(10)12/h3-4,7H,2,5-6H2,1H3. The molecule has 1 rings (SSSR count). The summed E-state index contributed by atoms with van der Waals surface area (Å²) in [6, 6.07) is 3.30. The van der Waals surface area contributed by atoms with Gasteiger partial charge in [-0.2, -0.15) is 0 Å². The van der Waals surface area contributed by atoms with E-state index in [1.807, 2.05) is 0 Å². The lowest BCUT2D eigenvalue weighted by Gasteiger charge is -2.17. The van der Waals surface area contributed by atoms with E-state index in [-0.39, 0.29) is 9.92 Å². The van der Waals surface area contributed by atoms with Crippen LogP contribution in [0.2, 0.25) is 5.02 Å². The van der Waals surface area contributed by atoms with Gasteiger partial charge in [-0.3, -0.25) is 0 Å². The van der Waals surface area contributed by atoms with E-state index in [1.54, 1.807) is 0 Å². The molecule has 0 atom stereocenters. The van der Waals surface area contributed by atoms with Crippen molar-refractivity contribution in [2.75, 3.05) is 18.9 Å². The van der Waals surface area contributed by atoms with Gasteiger partial charge in [0.1, 0.15) is 10.7 Å². The van der Waals surface area contributed by atoms with E-state index in [4.69, 9.17) is 11.6 Å². The van der Waals surface area contributed by atoms with Gasteiger partial charge in [-0.15, -0.1) is 0 Å². The van der Waals surface area contributed by atoms with Gasteiger partial charge in [0.15, 0.2) is 0 Å². The summed E-state index contributed by atoms with van der Waals surface area (Å²) < 4.78 is 38.3. The summed E-state index contributed by atoms with van der Waals surface area (Å²) in [5.41, 5.74) is 0. The molecule has 0 aliphatic heterocycles. The van der Waals surface area contributed by atoms with E-state index in [0.29, 0.717) is 18.3 Å². The Balaban J connectivity index is 3.08. The van der Waals surface area contributed by atoms with Gasteiger partial charge in [0, 0.05) is 18.9 Å². The number of benzene rings is 1. The number of hydrogen-bond acceptors (Lipinski definition) is 2. The van der Waals surface area contributed by atoms with Gasteiger partial charge in [0.05, 0.1) is 5.02 Å². The lowest BCUT2D eigenvalue weighted by molar-refractivity contribution is 0.469. The molecule has 0 bridgehead atoms. The summed E-state index contributed by atoms with van der Waals surface area (Å²) in [4.78, 5) is -0.198. The van der Waals surface area contributed by atoms with Crippen LogP contribution in [0.1, 0.15) is 6.42 Å². The van der Waals surface area contributed by atoms with Gasteiger partial charge in [-0.1, -0.05) is 27.5 Å². The number of sulfonamides is 1. The smallest absolute Gasteiger partial charge is 0.207 e. The number of rotatable bonds is 5. The van der Waals surface area contributed by atoms with Crippen LogP contribution >= 0.6 is 27.5 Å². The predicted octanol–water partition coefficient (Wildman–Crippen LogP) is 2.88. The van der Waals surface area contributed by atoms with E-state index in [9.17, 15) is 12.8 Å². The van der Waals surface area contributed by atoms with E-state index in [2.05, 4.69) is 15.9 Å². The Morgan fingerprint density at radius 1 is 1.47 bits per heavy atom. The quantitative estimate of drug-likeness (QED) is 0.770. The van der Waals surface area contributed by atoms with Crippen molar-refractivity contribution in [1.82, 2.24) is 4.31 Å². The highest BCUT2D eigenvalue weighted by atomic mass is 79.9. The fourth-order valence-corrected chi connectivity index (χ4v) is 3.19. The highest BCUT2D eigenvalue weighted by Gasteiger charge is 2.23. The monoisotopic (exact) mass is 343 g/mol. The molecule has 0 fully saturated rings. The molecule has 0 aromatic heterocycles. The molecule has 96 valence electrons. The summed E-state index contributed by atoms with van der Waals surface area (Å²) in [5, 5.41) is 0.723. The molecule has 0 spiro atoms. The van der Waals surface area contributed by atoms with Crippen LogP contribution in [0.3, 0.4) is 0 Å². The molecule has 0 saturated heterocycles. The maximum atomic E-state index is 13.0. The molecule has 7 heteroatoms. The molecule has 0 aliphatic carbocycles. The van der Waals surface area contributed by atoms with Crippen LogP contribution in [0, 0.1) is 5.82 Å². The second-order valence-electron chi connectivity index (χ2n) is 3.44. The predicted molar refractivity (Wildman–Crippen MR) is 69.6 cm³/mol. The summed E-state index contributed by atoms with van der Waals surface area (Å²) in [7, 11) is -2.28. The first kappa shape index (κ1) is 14.9. The van der Waals surface area contributed by atoms with E-state index in [1.165, 1.54) is 13.1 Å². The minimum Gasteiger partial charge on any atom is -0.207 e. The maximum absolute atomic E-state index is 13.0. The SMILES string of the molecule is CN(CCCBr)S(=O)(=O)c1cc(F)ccc1Cl. The fourth-order valence-electron chi connectivity index (χ4n) is 1.25. The molecule has 0 unspecified atom stereocenters. The van der Waals surface area contributed by atoms with Gasteiger partial charge >= 0.3 is 0 Å². The zero-order valence-electron chi connectivity index (χ0n) is 9.16. The molecule has 0 aliphatic rings. The third-order valence-corrected chi connectivity index (χ3v) is 5.09. The second kappa shape index (κ2) is 6.13. The van der Waals surface area contributed by atoms with Crippen molar-refractivity contribution in [3.63, 3.8) is 0 Å². The molecule has 0 amide bonds. The van der Waals surface area contributed by atoms with Crippen LogP contribution in [0.4, 0.5) is 4.39 Å². The van der Waals surface area contributed by atoms with E-state index < -0.39 is 15.8 Å². The van der Waals surface area contributed by atoms with Gasteiger partial charge < -0.3 is 0 Å². The van der Waals surface area contributed by atoms with Crippen LogP contribution in [0.15, 0.2) is 23.1 Å².